The smallest absolute Gasteiger partial charge is 0.148 e. The van der Waals surface area contributed by atoms with Crippen molar-refractivity contribution >= 4 is 27.6 Å². The first-order valence-electron chi connectivity index (χ1n) is 5.89. The summed E-state index contributed by atoms with van der Waals surface area (Å²) in [5, 5.41) is 12.7. The summed E-state index contributed by atoms with van der Waals surface area (Å²) >= 11 is 3.54. The molecule has 0 unspecified atom stereocenters. The van der Waals surface area contributed by atoms with Gasteiger partial charge in [0.25, 0.3) is 0 Å². The lowest BCUT2D eigenvalue weighted by Crippen LogP contribution is -2.36. The van der Waals surface area contributed by atoms with Gasteiger partial charge < -0.3 is 15.3 Å². The van der Waals surface area contributed by atoms with Crippen molar-refractivity contribution in [2.45, 2.75) is 25.9 Å². The van der Waals surface area contributed by atoms with Gasteiger partial charge in [-0.25, -0.2) is 9.97 Å². The molecule has 1 aromatic rings. The minimum absolute atomic E-state index is 0.167. The van der Waals surface area contributed by atoms with Crippen LogP contribution in [0.3, 0.4) is 0 Å². The molecule has 6 heteroatoms. The van der Waals surface area contributed by atoms with E-state index in [4.69, 9.17) is 0 Å². The quantitative estimate of drug-likeness (QED) is 0.888. The van der Waals surface area contributed by atoms with Crippen LogP contribution in [0.25, 0.3) is 0 Å². The van der Waals surface area contributed by atoms with E-state index >= 15 is 0 Å². The summed E-state index contributed by atoms with van der Waals surface area (Å²) in [6, 6.07) is 0. The number of aromatic nitrogens is 2. The van der Waals surface area contributed by atoms with Gasteiger partial charge in [-0.3, -0.25) is 0 Å². The largest absolute Gasteiger partial charge is 0.393 e. The van der Waals surface area contributed by atoms with Gasteiger partial charge in [-0.05, 0) is 35.7 Å². The van der Waals surface area contributed by atoms with Crippen LogP contribution in [0.1, 0.15) is 19.8 Å². The Bertz CT molecular complexity index is 380. The number of rotatable bonds is 3. The van der Waals surface area contributed by atoms with E-state index in [1.54, 1.807) is 6.33 Å². The molecule has 1 fully saturated rings. The Labute approximate surface area is 109 Å². The lowest BCUT2D eigenvalue weighted by Gasteiger charge is -2.31. The molecule has 17 heavy (non-hydrogen) atoms. The molecule has 2 rings (SSSR count). The molecule has 5 nitrogen and oxygen atoms in total. The number of anilines is 2. The molecular formula is C11H17BrN4O. The van der Waals surface area contributed by atoms with Crippen LogP contribution in [0.2, 0.25) is 0 Å². The lowest BCUT2D eigenvalue weighted by molar-refractivity contribution is 0.145. The van der Waals surface area contributed by atoms with Crippen molar-refractivity contribution in [1.29, 1.82) is 0 Å². The molecule has 0 radical (unpaired) electrons. The minimum Gasteiger partial charge on any atom is -0.393 e. The second-order valence-corrected chi connectivity index (χ2v) is 4.90. The molecule has 1 aliphatic heterocycles. The topological polar surface area (TPSA) is 61.3 Å². The van der Waals surface area contributed by atoms with Gasteiger partial charge in [0.2, 0.25) is 0 Å². The summed E-state index contributed by atoms with van der Waals surface area (Å²) < 4.78 is 0.901. The molecule has 1 aliphatic rings. The van der Waals surface area contributed by atoms with Crippen LogP contribution in [-0.4, -0.2) is 40.8 Å². The van der Waals surface area contributed by atoms with E-state index in [0.717, 1.165) is 48.6 Å². The summed E-state index contributed by atoms with van der Waals surface area (Å²) in [6.45, 7) is 4.53. The number of nitrogens with one attached hydrogen (secondary N) is 1. The van der Waals surface area contributed by atoms with Crippen molar-refractivity contribution < 1.29 is 5.11 Å². The highest BCUT2D eigenvalue weighted by molar-refractivity contribution is 9.10. The standard InChI is InChI=1S/C11H17BrN4O/c1-2-13-10-9(12)11(15-7-14-10)16-5-3-8(17)4-6-16/h7-8,17H,2-6H2,1H3,(H,13,14,15). The minimum atomic E-state index is -0.167. The molecule has 1 saturated heterocycles. The van der Waals surface area contributed by atoms with Crippen LogP contribution in [0.5, 0.6) is 0 Å². The number of hydrogen-bond donors (Lipinski definition) is 2. The molecule has 2 heterocycles. The Morgan fingerprint density at radius 3 is 2.82 bits per heavy atom. The van der Waals surface area contributed by atoms with Gasteiger partial charge in [0.15, 0.2) is 0 Å². The maximum atomic E-state index is 9.50. The van der Waals surface area contributed by atoms with E-state index in [1.807, 2.05) is 6.92 Å². The summed E-state index contributed by atoms with van der Waals surface area (Å²) in [7, 11) is 0. The van der Waals surface area contributed by atoms with Crippen LogP contribution in [0, 0.1) is 0 Å². The van der Waals surface area contributed by atoms with Gasteiger partial charge in [0, 0.05) is 19.6 Å². The summed E-state index contributed by atoms with van der Waals surface area (Å²) in [5.74, 6) is 1.73. The van der Waals surface area contributed by atoms with E-state index < -0.39 is 0 Å². The van der Waals surface area contributed by atoms with E-state index in [-0.39, 0.29) is 6.10 Å². The fourth-order valence-corrected chi connectivity index (χ4v) is 2.55. The fourth-order valence-electron chi connectivity index (χ4n) is 1.95. The van der Waals surface area contributed by atoms with Crippen molar-refractivity contribution in [3.05, 3.63) is 10.8 Å². The van der Waals surface area contributed by atoms with Crippen LogP contribution in [-0.2, 0) is 0 Å². The van der Waals surface area contributed by atoms with Crippen molar-refractivity contribution in [2.75, 3.05) is 29.9 Å². The predicted molar refractivity (Wildman–Crippen MR) is 71.3 cm³/mol. The first kappa shape index (κ1) is 12.6. The average molecular weight is 301 g/mol. The van der Waals surface area contributed by atoms with Crippen molar-refractivity contribution in [2.24, 2.45) is 0 Å². The van der Waals surface area contributed by atoms with E-state index in [2.05, 4.69) is 36.1 Å². The maximum absolute atomic E-state index is 9.50. The average Bonchev–Trinajstić information content (AvgIpc) is 2.34. The number of halogens is 1. The maximum Gasteiger partial charge on any atom is 0.148 e. The molecule has 1 aromatic heterocycles. The highest BCUT2D eigenvalue weighted by Gasteiger charge is 2.21. The molecule has 0 saturated carbocycles. The van der Waals surface area contributed by atoms with Crippen LogP contribution in [0.4, 0.5) is 11.6 Å². The first-order valence-corrected chi connectivity index (χ1v) is 6.69. The highest BCUT2D eigenvalue weighted by Crippen LogP contribution is 2.30. The zero-order valence-electron chi connectivity index (χ0n) is 9.86. The van der Waals surface area contributed by atoms with Gasteiger partial charge in [-0.1, -0.05) is 0 Å². The molecule has 0 bridgehead atoms. The zero-order valence-corrected chi connectivity index (χ0v) is 11.4. The monoisotopic (exact) mass is 300 g/mol. The van der Waals surface area contributed by atoms with Gasteiger partial charge in [0.1, 0.15) is 22.4 Å². The molecule has 0 amide bonds. The Morgan fingerprint density at radius 2 is 2.18 bits per heavy atom. The van der Waals surface area contributed by atoms with E-state index in [9.17, 15) is 5.11 Å². The second-order valence-electron chi connectivity index (χ2n) is 4.11. The number of aliphatic hydroxyl groups is 1. The predicted octanol–water partition coefficient (Wildman–Crippen LogP) is 1.63. The lowest BCUT2D eigenvalue weighted by atomic mass is 10.1. The highest BCUT2D eigenvalue weighted by atomic mass is 79.9. The third kappa shape index (κ3) is 2.87. The van der Waals surface area contributed by atoms with Gasteiger partial charge in [0.05, 0.1) is 6.10 Å². The Hall–Kier alpha value is -0.880. The molecule has 0 spiro atoms. The van der Waals surface area contributed by atoms with Gasteiger partial charge in [-0.15, -0.1) is 0 Å². The molecule has 94 valence electrons. The normalized spacial score (nSPS) is 17.2. The summed E-state index contributed by atoms with van der Waals surface area (Å²) in [4.78, 5) is 10.7. The third-order valence-corrected chi connectivity index (χ3v) is 3.61. The number of nitrogens with zero attached hydrogens (tertiary/aromatic N) is 3. The molecule has 0 atom stereocenters. The Kier molecular flexibility index (Phi) is 4.17. The Morgan fingerprint density at radius 1 is 1.47 bits per heavy atom. The van der Waals surface area contributed by atoms with Crippen LogP contribution < -0.4 is 10.2 Å². The third-order valence-electron chi connectivity index (χ3n) is 2.88. The number of hydrogen-bond acceptors (Lipinski definition) is 5. The Balaban J connectivity index is 2.17. The van der Waals surface area contributed by atoms with Crippen LogP contribution >= 0.6 is 15.9 Å². The van der Waals surface area contributed by atoms with E-state index in [1.165, 1.54) is 0 Å². The van der Waals surface area contributed by atoms with Gasteiger partial charge >= 0.3 is 0 Å². The number of aliphatic hydroxyl groups excluding tert-OH is 1. The summed E-state index contributed by atoms with van der Waals surface area (Å²) in [6.07, 6.45) is 3.00. The molecule has 0 aliphatic carbocycles. The first-order chi connectivity index (χ1) is 8.22. The molecule has 0 aromatic carbocycles. The molecule has 2 N–H and O–H groups in total. The SMILES string of the molecule is CCNc1ncnc(N2CCC(O)CC2)c1Br. The van der Waals surface area contributed by atoms with Crippen molar-refractivity contribution in [1.82, 2.24) is 9.97 Å². The fraction of sp³-hybridized carbons (Fsp3) is 0.636. The number of piperidine rings is 1. The van der Waals surface area contributed by atoms with Crippen molar-refractivity contribution in [3.8, 4) is 0 Å². The van der Waals surface area contributed by atoms with Gasteiger partial charge in [-0.2, -0.15) is 0 Å². The second kappa shape index (κ2) is 5.64. The zero-order chi connectivity index (χ0) is 12.3. The van der Waals surface area contributed by atoms with Crippen molar-refractivity contribution in [3.63, 3.8) is 0 Å². The van der Waals surface area contributed by atoms with E-state index in [0.29, 0.717) is 0 Å². The summed E-state index contributed by atoms with van der Waals surface area (Å²) in [5.41, 5.74) is 0. The molecular weight excluding hydrogens is 284 g/mol. The van der Waals surface area contributed by atoms with Crippen LogP contribution in [0.15, 0.2) is 10.8 Å².